The second-order valence-electron chi connectivity index (χ2n) is 6.24. The largest absolute Gasteiger partial charge is 0.481 e. The number of fused-ring (bicyclic) bond motifs is 1. The summed E-state index contributed by atoms with van der Waals surface area (Å²) in [7, 11) is 0. The van der Waals surface area contributed by atoms with Gasteiger partial charge in [-0.2, -0.15) is 0 Å². The molecule has 122 valence electrons. The zero-order chi connectivity index (χ0) is 16.8. The van der Waals surface area contributed by atoms with Crippen molar-refractivity contribution < 1.29 is 18.7 Å². The smallest absolute Gasteiger partial charge is 0.307 e. The number of halogens is 2. The summed E-state index contributed by atoms with van der Waals surface area (Å²) < 4.78 is 29.5. The summed E-state index contributed by atoms with van der Waals surface area (Å²) in [5.74, 6) is -3.49. The highest BCUT2D eigenvalue weighted by Gasteiger charge is 2.37. The van der Waals surface area contributed by atoms with E-state index in [0.29, 0.717) is 6.42 Å². The Bertz CT molecular complexity index is 760. The van der Waals surface area contributed by atoms with E-state index >= 15 is 0 Å². The van der Waals surface area contributed by atoms with E-state index in [4.69, 9.17) is 5.11 Å². The molecule has 2 aromatic rings. The molecule has 23 heavy (non-hydrogen) atoms. The van der Waals surface area contributed by atoms with Crippen LogP contribution in [0, 0.1) is 13.8 Å². The first-order chi connectivity index (χ1) is 10.8. The summed E-state index contributed by atoms with van der Waals surface area (Å²) in [6.45, 7) is 3.84. The highest BCUT2D eigenvalue weighted by Crippen LogP contribution is 2.38. The van der Waals surface area contributed by atoms with E-state index in [1.165, 1.54) is 0 Å². The van der Waals surface area contributed by atoms with Crippen LogP contribution in [0.15, 0.2) is 24.3 Å². The van der Waals surface area contributed by atoms with Gasteiger partial charge in [-0.05, 0) is 49.1 Å². The molecule has 0 saturated heterocycles. The molecule has 0 fully saturated rings. The molecule has 3 rings (SSSR count). The molecule has 1 aromatic carbocycles. The molecule has 0 saturated carbocycles. The number of carbonyl (C=O) groups is 1. The number of hydrogen-bond acceptors (Lipinski definition) is 1. The van der Waals surface area contributed by atoms with E-state index < -0.39 is 11.9 Å². The maximum absolute atomic E-state index is 13.7. The average molecular weight is 319 g/mol. The topological polar surface area (TPSA) is 42.2 Å². The van der Waals surface area contributed by atoms with Gasteiger partial charge >= 0.3 is 5.97 Å². The first-order valence-corrected chi connectivity index (χ1v) is 7.67. The van der Waals surface area contributed by atoms with Gasteiger partial charge in [0.2, 0.25) is 0 Å². The molecule has 0 spiro atoms. The van der Waals surface area contributed by atoms with Crippen LogP contribution in [-0.4, -0.2) is 21.6 Å². The van der Waals surface area contributed by atoms with Crippen LogP contribution in [0.2, 0.25) is 0 Å². The first kappa shape index (κ1) is 15.7. The first-order valence-electron chi connectivity index (χ1n) is 7.67. The maximum Gasteiger partial charge on any atom is 0.307 e. The van der Waals surface area contributed by atoms with Gasteiger partial charge in [-0.15, -0.1) is 0 Å². The minimum Gasteiger partial charge on any atom is -0.481 e. The number of alkyl halides is 2. The number of aliphatic carboxylic acids is 1. The van der Waals surface area contributed by atoms with Gasteiger partial charge in [0, 0.05) is 29.9 Å². The number of benzene rings is 1. The van der Waals surface area contributed by atoms with E-state index in [1.807, 2.05) is 30.5 Å². The molecule has 0 atom stereocenters. The number of nitrogens with zero attached hydrogens (tertiary/aromatic N) is 1. The van der Waals surface area contributed by atoms with Gasteiger partial charge in [0.15, 0.2) is 0 Å². The summed E-state index contributed by atoms with van der Waals surface area (Å²) in [4.78, 5) is 10.8. The van der Waals surface area contributed by atoms with Gasteiger partial charge in [0.05, 0.1) is 6.42 Å². The summed E-state index contributed by atoms with van der Waals surface area (Å²) >= 11 is 0. The van der Waals surface area contributed by atoms with Crippen molar-refractivity contribution in [3.05, 3.63) is 52.3 Å². The highest BCUT2D eigenvalue weighted by atomic mass is 19.3. The Morgan fingerprint density at radius 3 is 2.52 bits per heavy atom. The Morgan fingerprint density at radius 2 is 1.91 bits per heavy atom. The zero-order valence-corrected chi connectivity index (χ0v) is 13.2. The summed E-state index contributed by atoms with van der Waals surface area (Å²) in [5, 5.41) is 8.83. The summed E-state index contributed by atoms with van der Waals surface area (Å²) in [5.41, 5.74) is 5.23. The molecular formula is C18H19F2NO2. The monoisotopic (exact) mass is 319 g/mol. The molecule has 5 heteroatoms. The molecule has 0 radical (unpaired) electrons. The highest BCUT2D eigenvalue weighted by molar-refractivity contribution is 5.70. The molecule has 1 aromatic heterocycles. The molecule has 0 aliphatic heterocycles. The number of aromatic nitrogens is 1. The lowest BCUT2D eigenvalue weighted by Crippen LogP contribution is -2.26. The van der Waals surface area contributed by atoms with Gasteiger partial charge in [-0.25, -0.2) is 8.78 Å². The van der Waals surface area contributed by atoms with Crippen LogP contribution in [0.1, 0.15) is 34.5 Å². The molecule has 0 unspecified atom stereocenters. The van der Waals surface area contributed by atoms with Crippen molar-refractivity contribution in [3.63, 3.8) is 0 Å². The van der Waals surface area contributed by atoms with Crippen molar-refractivity contribution >= 4 is 5.97 Å². The Labute approximate surface area is 133 Å². The molecule has 1 aliphatic carbocycles. The van der Waals surface area contributed by atoms with Crippen LogP contribution < -0.4 is 0 Å². The predicted molar refractivity (Wildman–Crippen MR) is 83.6 cm³/mol. The molecular weight excluding hydrogens is 300 g/mol. The molecule has 1 heterocycles. The van der Waals surface area contributed by atoms with Crippen molar-refractivity contribution in [1.29, 1.82) is 0 Å². The fourth-order valence-corrected chi connectivity index (χ4v) is 3.37. The molecule has 1 N–H and O–H groups in total. The molecule has 3 nitrogen and oxygen atoms in total. The van der Waals surface area contributed by atoms with E-state index in [2.05, 4.69) is 0 Å². The lowest BCUT2D eigenvalue weighted by molar-refractivity contribution is -0.136. The molecule has 0 bridgehead atoms. The van der Waals surface area contributed by atoms with E-state index in [1.54, 1.807) is 12.1 Å². The fourth-order valence-electron chi connectivity index (χ4n) is 3.37. The Hall–Kier alpha value is -2.17. The predicted octanol–water partition coefficient (Wildman–Crippen LogP) is 3.85. The van der Waals surface area contributed by atoms with Gasteiger partial charge in [-0.1, -0.05) is 12.1 Å². The zero-order valence-electron chi connectivity index (χ0n) is 13.2. The van der Waals surface area contributed by atoms with Crippen molar-refractivity contribution in [2.45, 2.75) is 45.5 Å². The van der Waals surface area contributed by atoms with E-state index in [9.17, 15) is 13.6 Å². The SMILES string of the molecule is Cc1c2c(n(-c3ccc(CC(=O)O)cc3)c1C)CCC(F)(F)C2. The third-order valence-electron chi connectivity index (χ3n) is 4.66. The van der Waals surface area contributed by atoms with Crippen LogP contribution in [0.3, 0.4) is 0 Å². The third-order valence-corrected chi connectivity index (χ3v) is 4.66. The van der Waals surface area contributed by atoms with E-state index in [-0.39, 0.29) is 19.3 Å². The number of rotatable bonds is 3. The quantitative estimate of drug-likeness (QED) is 0.934. The van der Waals surface area contributed by atoms with Gasteiger partial charge in [-0.3, -0.25) is 4.79 Å². The molecule has 1 aliphatic rings. The minimum absolute atomic E-state index is 0.0195. The van der Waals surface area contributed by atoms with Crippen LogP contribution in [0.4, 0.5) is 8.78 Å². The fraction of sp³-hybridized carbons (Fsp3) is 0.389. The normalized spacial score (nSPS) is 16.2. The van der Waals surface area contributed by atoms with Crippen molar-refractivity contribution in [1.82, 2.24) is 4.57 Å². The summed E-state index contributed by atoms with van der Waals surface area (Å²) in [6, 6.07) is 7.28. The standard InChI is InChI=1S/C18H19F2NO2/c1-11-12(2)21(16-7-8-18(19,20)10-15(11)16)14-5-3-13(4-6-14)9-17(22)23/h3-6H,7-10H2,1-2H3,(H,22,23). The van der Waals surface area contributed by atoms with Crippen LogP contribution in [0.5, 0.6) is 0 Å². The van der Waals surface area contributed by atoms with Crippen molar-refractivity contribution in [2.75, 3.05) is 0 Å². The van der Waals surface area contributed by atoms with Gasteiger partial charge in [0.25, 0.3) is 5.92 Å². The van der Waals surface area contributed by atoms with Crippen LogP contribution in [0.25, 0.3) is 5.69 Å². The Kier molecular flexibility index (Phi) is 3.74. The minimum atomic E-state index is -2.62. The number of carboxylic acid groups (broad SMARTS) is 1. The Balaban J connectivity index is 2.02. The molecule has 0 amide bonds. The van der Waals surface area contributed by atoms with Crippen molar-refractivity contribution in [2.24, 2.45) is 0 Å². The summed E-state index contributed by atoms with van der Waals surface area (Å²) in [6.07, 6.45) is 0.0152. The van der Waals surface area contributed by atoms with Gasteiger partial charge in [0.1, 0.15) is 0 Å². The lowest BCUT2D eigenvalue weighted by Gasteiger charge is -2.24. The lowest BCUT2D eigenvalue weighted by atomic mass is 9.92. The third kappa shape index (κ3) is 2.87. The number of hydrogen-bond donors (Lipinski definition) is 1. The second kappa shape index (κ2) is 5.48. The second-order valence-corrected chi connectivity index (χ2v) is 6.24. The Morgan fingerprint density at radius 1 is 1.26 bits per heavy atom. The van der Waals surface area contributed by atoms with Crippen LogP contribution in [-0.2, 0) is 24.1 Å². The van der Waals surface area contributed by atoms with Crippen LogP contribution >= 0.6 is 0 Å². The average Bonchev–Trinajstić information content (AvgIpc) is 2.71. The van der Waals surface area contributed by atoms with Gasteiger partial charge < -0.3 is 9.67 Å². The number of carboxylic acids is 1. The van der Waals surface area contributed by atoms with Crippen molar-refractivity contribution in [3.8, 4) is 5.69 Å². The maximum atomic E-state index is 13.7. The van der Waals surface area contributed by atoms with E-state index in [0.717, 1.165) is 33.8 Å².